The van der Waals surface area contributed by atoms with Crippen molar-refractivity contribution in [2.75, 3.05) is 0 Å². The third-order valence-electron chi connectivity index (χ3n) is 1.97. The van der Waals surface area contributed by atoms with Gasteiger partial charge in [-0.3, -0.25) is 9.59 Å². The Morgan fingerprint density at radius 1 is 1.44 bits per heavy atom. The monoisotopic (exact) mass is 222 g/mol. The summed E-state index contributed by atoms with van der Waals surface area (Å²) in [6.07, 6.45) is 1.26. The van der Waals surface area contributed by atoms with Crippen LogP contribution in [-0.4, -0.2) is 26.2 Å². The van der Waals surface area contributed by atoms with Gasteiger partial charge in [-0.15, -0.1) is 0 Å². The van der Waals surface area contributed by atoms with Crippen molar-refractivity contribution in [3.8, 4) is 5.75 Å². The van der Waals surface area contributed by atoms with E-state index in [2.05, 4.69) is 4.98 Å². The molecule has 2 aromatic rings. The molecule has 0 atom stereocenters. The van der Waals surface area contributed by atoms with Crippen LogP contribution in [-0.2, 0) is 11.8 Å². The zero-order chi connectivity index (χ0) is 12.1. The number of benzene rings is 1. The van der Waals surface area contributed by atoms with Crippen molar-refractivity contribution in [2.45, 2.75) is 0 Å². The van der Waals surface area contributed by atoms with Crippen LogP contribution < -0.4 is 5.56 Å². The molecule has 0 spiro atoms. The molecular formula is C10H10N2O4. The van der Waals surface area contributed by atoms with Crippen LogP contribution in [0.3, 0.4) is 0 Å². The minimum absolute atomic E-state index is 0.135. The summed E-state index contributed by atoms with van der Waals surface area (Å²) >= 11 is 0. The molecule has 16 heavy (non-hydrogen) atoms. The number of phenols is 1. The van der Waals surface area contributed by atoms with E-state index in [9.17, 15) is 9.90 Å². The molecule has 0 fully saturated rings. The number of carboxylic acid groups (broad SMARTS) is 1. The van der Waals surface area contributed by atoms with Gasteiger partial charge in [-0.2, -0.15) is 0 Å². The van der Waals surface area contributed by atoms with Crippen LogP contribution in [0, 0.1) is 0 Å². The van der Waals surface area contributed by atoms with E-state index in [1.54, 1.807) is 19.2 Å². The second-order valence-corrected chi connectivity index (χ2v) is 2.93. The Kier molecular flexibility index (Phi) is 3.60. The highest BCUT2D eigenvalue weighted by molar-refractivity contribution is 5.75. The van der Waals surface area contributed by atoms with Gasteiger partial charge < -0.3 is 14.8 Å². The zero-order valence-corrected chi connectivity index (χ0v) is 8.49. The molecule has 1 aromatic carbocycles. The predicted molar refractivity (Wildman–Crippen MR) is 57.3 cm³/mol. The molecular weight excluding hydrogens is 212 g/mol. The summed E-state index contributed by atoms with van der Waals surface area (Å²) in [6.45, 7) is -0.250. The molecule has 6 heteroatoms. The van der Waals surface area contributed by atoms with E-state index in [1.807, 2.05) is 0 Å². The molecule has 0 unspecified atom stereocenters. The quantitative estimate of drug-likeness (QED) is 0.627. The lowest BCUT2D eigenvalue weighted by Crippen LogP contribution is -2.16. The van der Waals surface area contributed by atoms with Crippen LogP contribution in [0.15, 0.2) is 29.2 Å². The number of carbonyl (C=O) groups is 1. The van der Waals surface area contributed by atoms with Crippen molar-refractivity contribution >= 4 is 17.5 Å². The summed E-state index contributed by atoms with van der Waals surface area (Å²) in [5.74, 6) is 0.135. The van der Waals surface area contributed by atoms with Gasteiger partial charge >= 0.3 is 0 Å². The van der Waals surface area contributed by atoms with Crippen molar-refractivity contribution in [2.24, 2.45) is 7.05 Å². The fourth-order valence-electron chi connectivity index (χ4n) is 1.22. The van der Waals surface area contributed by atoms with Crippen molar-refractivity contribution in [1.29, 1.82) is 0 Å². The highest BCUT2D eigenvalue weighted by atomic mass is 16.3. The number of nitrogens with zero attached hydrogens (tertiary/aromatic N) is 2. The number of aromatic nitrogens is 2. The Balaban J connectivity index is 0.000000386. The van der Waals surface area contributed by atoms with E-state index in [0.717, 1.165) is 0 Å². The first-order chi connectivity index (χ1) is 7.60. The molecule has 0 bridgehead atoms. The summed E-state index contributed by atoms with van der Waals surface area (Å²) in [6, 6.07) is 4.73. The molecule has 0 saturated heterocycles. The fraction of sp³-hybridized carbons (Fsp3) is 0.100. The summed E-state index contributed by atoms with van der Waals surface area (Å²) in [7, 11) is 1.64. The Labute approximate surface area is 90.4 Å². The topological polar surface area (TPSA) is 92.4 Å². The average molecular weight is 222 g/mol. The maximum absolute atomic E-state index is 11.2. The van der Waals surface area contributed by atoms with Gasteiger partial charge in [0.15, 0.2) is 0 Å². The molecule has 0 radical (unpaired) electrons. The van der Waals surface area contributed by atoms with Gasteiger partial charge in [0.05, 0.1) is 17.2 Å². The van der Waals surface area contributed by atoms with Gasteiger partial charge in [-0.05, 0) is 12.1 Å². The van der Waals surface area contributed by atoms with E-state index < -0.39 is 0 Å². The summed E-state index contributed by atoms with van der Waals surface area (Å²) < 4.78 is 1.45. The normalized spacial score (nSPS) is 9.31. The number of phenolic OH excluding ortho intramolecular Hbond substituents is 1. The van der Waals surface area contributed by atoms with Gasteiger partial charge in [0.2, 0.25) is 0 Å². The number of hydrogen-bond donors (Lipinski definition) is 2. The molecule has 0 aliphatic carbocycles. The smallest absolute Gasteiger partial charge is 0.290 e. The van der Waals surface area contributed by atoms with Gasteiger partial charge in [-0.1, -0.05) is 0 Å². The van der Waals surface area contributed by atoms with Crippen molar-refractivity contribution in [3.63, 3.8) is 0 Å². The Bertz CT molecular complexity index is 562. The van der Waals surface area contributed by atoms with Gasteiger partial charge in [0.1, 0.15) is 5.75 Å². The van der Waals surface area contributed by atoms with Gasteiger partial charge in [-0.25, -0.2) is 4.98 Å². The first kappa shape index (κ1) is 11.7. The molecule has 0 aliphatic heterocycles. The second-order valence-electron chi connectivity index (χ2n) is 2.93. The second kappa shape index (κ2) is 4.92. The number of rotatable bonds is 0. The molecule has 0 saturated carbocycles. The minimum Gasteiger partial charge on any atom is -0.508 e. The zero-order valence-electron chi connectivity index (χ0n) is 8.49. The van der Waals surface area contributed by atoms with E-state index in [4.69, 9.17) is 9.90 Å². The summed E-state index contributed by atoms with van der Waals surface area (Å²) in [5, 5.41) is 16.1. The Morgan fingerprint density at radius 2 is 2.06 bits per heavy atom. The minimum atomic E-state index is -0.250. The molecule has 6 nitrogen and oxygen atoms in total. The maximum atomic E-state index is 11.2. The maximum Gasteiger partial charge on any atom is 0.290 e. The predicted octanol–water partition coefficient (Wildman–Crippen LogP) is 0.340. The number of aromatic hydroxyl groups is 1. The molecule has 1 aromatic heterocycles. The van der Waals surface area contributed by atoms with Crippen LogP contribution in [0.4, 0.5) is 0 Å². The van der Waals surface area contributed by atoms with Crippen LogP contribution >= 0.6 is 0 Å². The lowest BCUT2D eigenvalue weighted by Gasteiger charge is -2.02. The molecule has 0 amide bonds. The third kappa shape index (κ3) is 2.35. The fourth-order valence-corrected chi connectivity index (χ4v) is 1.22. The average Bonchev–Trinajstić information content (AvgIpc) is 2.25. The Hall–Kier alpha value is -2.37. The first-order valence-corrected chi connectivity index (χ1v) is 4.32. The molecule has 0 aliphatic rings. The van der Waals surface area contributed by atoms with E-state index in [-0.39, 0.29) is 17.8 Å². The van der Waals surface area contributed by atoms with E-state index in [0.29, 0.717) is 11.0 Å². The first-order valence-electron chi connectivity index (χ1n) is 4.32. The number of aryl methyl sites for hydroxylation is 1. The van der Waals surface area contributed by atoms with Crippen molar-refractivity contribution in [3.05, 3.63) is 34.7 Å². The van der Waals surface area contributed by atoms with E-state index >= 15 is 0 Å². The van der Waals surface area contributed by atoms with Crippen LogP contribution in [0.25, 0.3) is 11.0 Å². The lowest BCUT2D eigenvalue weighted by atomic mass is 10.3. The highest BCUT2D eigenvalue weighted by Gasteiger charge is 2.00. The molecule has 2 rings (SSSR count). The summed E-state index contributed by atoms with van der Waals surface area (Å²) in [4.78, 5) is 23.5. The number of fused-ring (bicyclic) bond motifs is 1. The van der Waals surface area contributed by atoms with Crippen LogP contribution in [0.1, 0.15) is 0 Å². The summed E-state index contributed by atoms with van der Waals surface area (Å²) in [5.41, 5.74) is 1.14. The van der Waals surface area contributed by atoms with Gasteiger partial charge in [0, 0.05) is 13.1 Å². The largest absolute Gasteiger partial charge is 0.508 e. The highest BCUT2D eigenvalue weighted by Crippen LogP contribution is 2.15. The van der Waals surface area contributed by atoms with Crippen LogP contribution in [0.5, 0.6) is 5.75 Å². The van der Waals surface area contributed by atoms with E-state index in [1.165, 1.54) is 16.8 Å². The Morgan fingerprint density at radius 3 is 2.69 bits per heavy atom. The van der Waals surface area contributed by atoms with Crippen molar-refractivity contribution < 1.29 is 15.0 Å². The molecule has 84 valence electrons. The van der Waals surface area contributed by atoms with Crippen LogP contribution in [0.2, 0.25) is 0 Å². The third-order valence-corrected chi connectivity index (χ3v) is 1.97. The number of hydrogen-bond acceptors (Lipinski definition) is 4. The standard InChI is InChI=1S/C9H8N2O2.CH2O2/c1-11-8-4-6(12)2-3-7(8)10-5-9(11)13;2-1-3/h2-5,12H,1H3;1H,(H,2,3). The van der Waals surface area contributed by atoms with Gasteiger partial charge in [0.25, 0.3) is 12.0 Å². The lowest BCUT2D eigenvalue weighted by molar-refractivity contribution is -0.122. The molecule has 1 heterocycles. The molecule has 2 N–H and O–H groups in total. The SMILES string of the molecule is Cn1c(=O)cnc2ccc(O)cc21.O=CO. The van der Waals surface area contributed by atoms with Crippen molar-refractivity contribution in [1.82, 2.24) is 9.55 Å².